The first kappa shape index (κ1) is 68.4. The Bertz CT molecular complexity index is 5070. The van der Waals surface area contributed by atoms with Gasteiger partial charge in [-0.1, -0.05) is 304 Å². The minimum absolute atomic E-state index is 0.163. The van der Waals surface area contributed by atoms with E-state index < -0.39 is 0 Å². The fourth-order valence-electron chi connectivity index (χ4n) is 16.9. The quantitative estimate of drug-likeness (QED) is 0.0951. The number of benzene rings is 14. The third-order valence-electron chi connectivity index (χ3n) is 21.6. The smallest absolute Gasteiger partial charge is 0.0462 e. The molecule has 0 saturated heterocycles. The molecule has 0 aromatic heterocycles. The maximum Gasteiger partial charge on any atom is 0.0462 e. The number of aryl methyl sites for hydroxylation is 12. The van der Waals surface area contributed by atoms with Gasteiger partial charge in [0.25, 0.3) is 0 Å². The highest BCUT2D eigenvalue weighted by molar-refractivity contribution is 5.91. The number of rotatable bonds is 16. The molecule has 2 heteroatoms. The lowest BCUT2D eigenvalue weighted by Crippen LogP contribution is -2.30. The highest BCUT2D eigenvalue weighted by atomic mass is 15.1. The second-order valence-electron chi connectivity index (χ2n) is 30.3. The predicted molar refractivity (Wildman–Crippen MR) is 446 cm³/mol. The molecule has 1 aliphatic carbocycles. The molecule has 15 rings (SSSR count). The van der Waals surface area contributed by atoms with E-state index in [4.69, 9.17) is 0 Å². The van der Waals surface area contributed by atoms with Crippen LogP contribution in [0.4, 0.5) is 34.1 Å². The number of anilines is 6. The third-order valence-corrected chi connectivity index (χ3v) is 21.6. The minimum Gasteiger partial charge on any atom is -0.311 e. The zero-order valence-corrected chi connectivity index (χ0v) is 62.6. The van der Waals surface area contributed by atoms with Crippen LogP contribution in [0.1, 0.15) is 110 Å². The van der Waals surface area contributed by atoms with Crippen molar-refractivity contribution in [1.82, 2.24) is 0 Å². The molecule has 0 amide bonds. The Kier molecular flexibility index (Phi) is 19.0. The van der Waals surface area contributed by atoms with E-state index in [0.717, 1.165) is 47.0 Å². The molecule has 0 bridgehead atoms. The van der Waals surface area contributed by atoms with E-state index in [1.807, 2.05) is 0 Å². The normalized spacial score (nSPS) is 12.7. The molecule has 0 radical (unpaired) electrons. The van der Waals surface area contributed by atoms with Gasteiger partial charge < -0.3 is 9.80 Å². The minimum atomic E-state index is -0.163. The van der Waals surface area contributed by atoms with Gasteiger partial charge >= 0.3 is 0 Å². The van der Waals surface area contributed by atoms with Crippen molar-refractivity contribution >= 4 is 34.1 Å². The standard InChI is InChI=1S/C102H94N2/c1-66-18-46-96(82-54-70(5)50-71(6)55-82)98(62-66)80-24-36-90(37-25-80)103(88-32-20-78(21-33-88)94-44-16-68(3)64-100(94)84-58-74(9)52-75(10)59-84)92-40-28-86(29-41-92)102(48-14-13-15-49-102)87-30-42-93(43-31-87)104(89-34-22-79(23-35-89)95-45-17-69(4)65-101(95)85-60-76(11)53-77(12)61-85)91-38-26-81(27-39-91)99-63-67(2)19-47-97(99)83-56-72(7)51-73(8)57-83/h16-47,50-65H,13-15,48-49H2,1-12H3. The summed E-state index contributed by atoms with van der Waals surface area (Å²) in [4.78, 5) is 4.90. The monoisotopic (exact) mass is 1350 g/mol. The van der Waals surface area contributed by atoms with Crippen molar-refractivity contribution in [2.75, 3.05) is 9.80 Å². The summed E-state index contributed by atoms with van der Waals surface area (Å²) in [6.45, 7) is 26.4. The lowest BCUT2D eigenvalue weighted by atomic mass is 9.65. The maximum atomic E-state index is 2.45. The predicted octanol–water partition coefficient (Wildman–Crippen LogP) is 28.9. The fraction of sp³-hybridized carbons (Fsp3) is 0.176. The average molecular weight is 1350 g/mol. The molecule has 1 saturated carbocycles. The molecule has 0 aliphatic heterocycles. The fourth-order valence-corrected chi connectivity index (χ4v) is 16.9. The van der Waals surface area contributed by atoms with Crippen molar-refractivity contribution < 1.29 is 0 Å². The molecule has 14 aromatic rings. The summed E-state index contributed by atoms with van der Waals surface area (Å²) < 4.78 is 0. The van der Waals surface area contributed by atoms with E-state index >= 15 is 0 Å². The average Bonchev–Trinajstić information content (AvgIpc) is 0.746. The van der Waals surface area contributed by atoms with Gasteiger partial charge in [0.2, 0.25) is 0 Å². The van der Waals surface area contributed by atoms with Crippen molar-refractivity contribution in [3.63, 3.8) is 0 Å². The van der Waals surface area contributed by atoms with Gasteiger partial charge in [0.15, 0.2) is 0 Å². The first-order chi connectivity index (χ1) is 50.3. The van der Waals surface area contributed by atoms with Gasteiger partial charge in [-0.3, -0.25) is 0 Å². The Balaban J connectivity index is 0.801. The molecule has 512 valence electrons. The lowest BCUT2D eigenvalue weighted by Gasteiger charge is -2.39. The Morgan fingerprint density at radius 2 is 0.375 bits per heavy atom. The van der Waals surface area contributed by atoms with Crippen molar-refractivity contribution in [3.8, 4) is 89.0 Å². The van der Waals surface area contributed by atoms with Crippen LogP contribution >= 0.6 is 0 Å². The molecule has 14 aromatic carbocycles. The van der Waals surface area contributed by atoms with E-state index in [2.05, 4.69) is 384 Å². The van der Waals surface area contributed by atoms with Crippen molar-refractivity contribution in [1.29, 1.82) is 0 Å². The van der Waals surface area contributed by atoms with Crippen LogP contribution < -0.4 is 9.80 Å². The van der Waals surface area contributed by atoms with Crippen molar-refractivity contribution in [3.05, 3.63) is 369 Å². The Morgan fingerprint density at radius 1 is 0.173 bits per heavy atom. The van der Waals surface area contributed by atoms with Gasteiger partial charge in [-0.05, 0) is 269 Å². The summed E-state index contributed by atoms with van der Waals surface area (Å²) in [7, 11) is 0. The van der Waals surface area contributed by atoms with E-state index in [0.29, 0.717) is 0 Å². The SMILES string of the molecule is Cc1cc(C)cc(-c2ccc(C)cc2-c2ccc(N(c3ccc(-c4ccc(C)cc4-c4cc(C)cc(C)c4)cc3)c3ccc(C4(c5ccc(N(c6ccc(-c7ccc(C)cc7-c7cc(C)cc(C)c7)cc6)c6ccc(-c7cc(C)ccc7-c7cc(C)cc(C)c7)cc6)cc5)CCCCC4)cc3)cc2)c1. The second-order valence-corrected chi connectivity index (χ2v) is 30.3. The van der Waals surface area contributed by atoms with Gasteiger partial charge in [0.05, 0.1) is 0 Å². The largest absolute Gasteiger partial charge is 0.311 e. The van der Waals surface area contributed by atoms with Gasteiger partial charge in [-0.25, -0.2) is 0 Å². The molecule has 0 heterocycles. The Morgan fingerprint density at radius 3 is 0.625 bits per heavy atom. The zero-order chi connectivity index (χ0) is 71.9. The van der Waals surface area contributed by atoms with Crippen LogP contribution in [0.3, 0.4) is 0 Å². The lowest BCUT2D eigenvalue weighted by molar-refractivity contribution is 0.346. The van der Waals surface area contributed by atoms with Crippen molar-refractivity contribution in [2.24, 2.45) is 0 Å². The van der Waals surface area contributed by atoms with E-state index in [1.165, 1.54) is 186 Å². The molecule has 2 nitrogen and oxygen atoms in total. The number of hydrogen-bond acceptors (Lipinski definition) is 2. The van der Waals surface area contributed by atoms with Crippen molar-refractivity contribution in [2.45, 2.75) is 121 Å². The molecular weight excluding hydrogens is 1250 g/mol. The summed E-state index contributed by atoms with van der Waals surface area (Å²) in [5.74, 6) is 0. The molecule has 0 spiro atoms. The van der Waals surface area contributed by atoms with Crippen LogP contribution in [-0.4, -0.2) is 0 Å². The molecule has 0 atom stereocenters. The highest BCUT2D eigenvalue weighted by Gasteiger charge is 2.36. The number of hydrogen-bond donors (Lipinski definition) is 0. The van der Waals surface area contributed by atoms with E-state index in [-0.39, 0.29) is 5.41 Å². The molecule has 0 N–H and O–H groups in total. The summed E-state index contributed by atoms with van der Waals surface area (Å²) in [6, 6.07) is 112. The molecule has 0 unspecified atom stereocenters. The van der Waals surface area contributed by atoms with Gasteiger partial charge in [0.1, 0.15) is 0 Å². The first-order valence-corrected chi connectivity index (χ1v) is 37.4. The summed E-state index contributed by atoms with van der Waals surface area (Å²) in [5.41, 5.74) is 44.1. The van der Waals surface area contributed by atoms with Gasteiger partial charge in [-0.15, -0.1) is 0 Å². The highest BCUT2D eigenvalue weighted by Crippen LogP contribution is 2.49. The van der Waals surface area contributed by atoms with Crippen LogP contribution in [0.15, 0.2) is 291 Å². The van der Waals surface area contributed by atoms with Gasteiger partial charge in [0, 0.05) is 39.5 Å². The Labute approximate surface area is 618 Å². The van der Waals surface area contributed by atoms with Crippen LogP contribution in [0.2, 0.25) is 0 Å². The zero-order valence-electron chi connectivity index (χ0n) is 62.6. The molecule has 1 fully saturated rings. The van der Waals surface area contributed by atoms with Crippen LogP contribution in [-0.2, 0) is 5.41 Å². The summed E-state index contributed by atoms with van der Waals surface area (Å²) in [6.07, 6.45) is 5.77. The third kappa shape index (κ3) is 14.2. The van der Waals surface area contributed by atoms with E-state index in [9.17, 15) is 0 Å². The van der Waals surface area contributed by atoms with E-state index in [1.54, 1.807) is 0 Å². The molecule has 104 heavy (non-hydrogen) atoms. The molecular formula is C102H94N2. The summed E-state index contributed by atoms with van der Waals surface area (Å²) >= 11 is 0. The van der Waals surface area contributed by atoms with Crippen LogP contribution in [0.25, 0.3) is 89.0 Å². The van der Waals surface area contributed by atoms with Gasteiger partial charge in [-0.2, -0.15) is 0 Å². The maximum absolute atomic E-state index is 2.45. The topological polar surface area (TPSA) is 6.48 Å². The van der Waals surface area contributed by atoms with Crippen LogP contribution in [0.5, 0.6) is 0 Å². The number of nitrogens with zero attached hydrogens (tertiary/aromatic N) is 2. The Hall–Kier alpha value is -11.3. The summed E-state index contributed by atoms with van der Waals surface area (Å²) in [5, 5.41) is 0. The first-order valence-electron chi connectivity index (χ1n) is 37.4. The molecule has 1 aliphatic rings. The van der Waals surface area contributed by atoms with Crippen LogP contribution in [0, 0.1) is 83.1 Å². The second kappa shape index (κ2) is 28.8.